The second kappa shape index (κ2) is 4.85. The molecule has 0 aliphatic carbocycles. The van der Waals surface area contributed by atoms with Crippen LogP contribution >= 0.6 is 0 Å². The molecule has 0 radical (unpaired) electrons. The molecule has 0 bridgehead atoms. The Balaban J connectivity index is 2.02. The molecule has 0 saturated heterocycles. The number of oxazole rings is 1. The van der Waals surface area contributed by atoms with Crippen LogP contribution < -0.4 is 5.73 Å². The lowest BCUT2D eigenvalue weighted by Gasteiger charge is -2.23. The van der Waals surface area contributed by atoms with Crippen molar-refractivity contribution in [2.75, 3.05) is 0 Å². The molecule has 0 fully saturated rings. The maximum atomic E-state index is 11.9. The van der Waals surface area contributed by atoms with Gasteiger partial charge in [-0.3, -0.25) is 4.90 Å². The number of amides is 1. The summed E-state index contributed by atoms with van der Waals surface area (Å²) in [7, 11) is 0. The van der Waals surface area contributed by atoms with Crippen LogP contribution in [0.15, 0.2) is 4.42 Å². The third-order valence-corrected chi connectivity index (χ3v) is 2.88. The molecule has 2 heterocycles. The molecule has 0 spiro atoms. The fraction of sp³-hybridized carbons (Fsp3) is 0.692. The number of carbonyl (C=O) groups excluding carboxylic acids is 1. The second-order valence-electron chi connectivity index (χ2n) is 5.77. The zero-order valence-electron chi connectivity index (χ0n) is 11.9. The minimum atomic E-state index is -0.496. The summed E-state index contributed by atoms with van der Waals surface area (Å²) in [6.45, 7) is 8.32. The van der Waals surface area contributed by atoms with Gasteiger partial charge in [0.1, 0.15) is 17.1 Å². The molecule has 1 amide bonds. The zero-order valence-corrected chi connectivity index (χ0v) is 11.9. The van der Waals surface area contributed by atoms with Crippen molar-refractivity contribution >= 4 is 6.09 Å². The summed E-state index contributed by atoms with van der Waals surface area (Å²) < 4.78 is 10.9. The third kappa shape index (κ3) is 3.07. The summed E-state index contributed by atoms with van der Waals surface area (Å²) in [5.74, 6) is 1.26. The standard InChI is InChI=1S/C13H21N3O3/c1-5-8(14)11-15-9-6-16(7-10(9)18-11)12(17)19-13(2,3)4/h8H,5-7,14H2,1-4H3. The summed E-state index contributed by atoms with van der Waals surface area (Å²) >= 11 is 0. The van der Waals surface area contributed by atoms with Crippen LogP contribution in [-0.4, -0.2) is 21.6 Å². The largest absolute Gasteiger partial charge is 0.444 e. The normalized spacial score (nSPS) is 16.4. The van der Waals surface area contributed by atoms with Crippen molar-refractivity contribution in [3.63, 3.8) is 0 Å². The molecule has 19 heavy (non-hydrogen) atoms. The van der Waals surface area contributed by atoms with Crippen LogP contribution in [0.5, 0.6) is 0 Å². The molecule has 106 valence electrons. The van der Waals surface area contributed by atoms with E-state index in [2.05, 4.69) is 4.98 Å². The lowest BCUT2D eigenvalue weighted by atomic mass is 10.2. The van der Waals surface area contributed by atoms with Crippen molar-refractivity contribution in [1.82, 2.24) is 9.88 Å². The lowest BCUT2D eigenvalue weighted by molar-refractivity contribution is 0.0231. The molecule has 1 unspecified atom stereocenters. The molecule has 6 heteroatoms. The van der Waals surface area contributed by atoms with Gasteiger partial charge in [-0.2, -0.15) is 0 Å². The van der Waals surface area contributed by atoms with Gasteiger partial charge in [-0.05, 0) is 27.2 Å². The van der Waals surface area contributed by atoms with E-state index in [-0.39, 0.29) is 12.1 Å². The third-order valence-electron chi connectivity index (χ3n) is 2.88. The fourth-order valence-electron chi connectivity index (χ4n) is 1.85. The van der Waals surface area contributed by atoms with E-state index in [1.54, 1.807) is 4.90 Å². The number of hydrogen-bond acceptors (Lipinski definition) is 5. The summed E-state index contributed by atoms with van der Waals surface area (Å²) in [4.78, 5) is 17.8. The van der Waals surface area contributed by atoms with E-state index in [0.29, 0.717) is 24.7 Å². The number of hydrogen-bond donors (Lipinski definition) is 1. The number of rotatable bonds is 2. The quantitative estimate of drug-likeness (QED) is 0.889. The molecule has 1 atom stereocenters. The number of carbonyl (C=O) groups is 1. The van der Waals surface area contributed by atoms with Crippen LogP contribution in [0.4, 0.5) is 4.79 Å². The van der Waals surface area contributed by atoms with Crippen LogP contribution in [0.3, 0.4) is 0 Å². The molecule has 1 aliphatic rings. The number of fused-ring (bicyclic) bond motifs is 1. The topological polar surface area (TPSA) is 81.6 Å². The monoisotopic (exact) mass is 267 g/mol. The zero-order chi connectivity index (χ0) is 14.2. The average molecular weight is 267 g/mol. The van der Waals surface area contributed by atoms with E-state index in [9.17, 15) is 4.79 Å². The van der Waals surface area contributed by atoms with E-state index >= 15 is 0 Å². The van der Waals surface area contributed by atoms with Gasteiger partial charge in [0.05, 0.1) is 19.1 Å². The highest BCUT2D eigenvalue weighted by atomic mass is 16.6. The molecular formula is C13H21N3O3. The van der Waals surface area contributed by atoms with Crippen molar-refractivity contribution < 1.29 is 13.9 Å². The Bertz CT molecular complexity index is 452. The van der Waals surface area contributed by atoms with Gasteiger partial charge in [-0.15, -0.1) is 0 Å². The molecular weight excluding hydrogens is 246 g/mol. The van der Waals surface area contributed by atoms with Crippen molar-refractivity contribution in [2.45, 2.75) is 58.8 Å². The highest BCUT2D eigenvalue weighted by Gasteiger charge is 2.32. The van der Waals surface area contributed by atoms with Gasteiger partial charge in [0.15, 0.2) is 0 Å². The van der Waals surface area contributed by atoms with Crippen molar-refractivity contribution in [2.24, 2.45) is 5.73 Å². The first-order valence-electron chi connectivity index (χ1n) is 6.52. The van der Waals surface area contributed by atoms with Crippen LogP contribution in [0, 0.1) is 0 Å². The highest BCUT2D eigenvalue weighted by molar-refractivity contribution is 5.68. The first kappa shape index (κ1) is 13.9. The Hall–Kier alpha value is -1.56. The van der Waals surface area contributed by atoms with Gasteiger partial charge >= 0.3 is 6.09 Å². The van der Waals surface area contributed by atoms with E-state index in [1.165, 1.54) is 0 Å². The molecule has 1 aromatic heterocycles. The second-order valence-corrected chi connectivity index (χ2v) is 5.77. The molecule has 2 N–H and O–H groups in total. The Kier molecular flexibility index (Phi) is 3.54. The first-order chi connectivity index (χ1) is 8.80. The lowest BCUT2D eigenvalue weighted by Crippen LogP contribution is -2.33. The molecule has 1 aromatic rings. The highest BCUT2D eigenvalue weighted by Crippen LogP contribution is 2.27. The average Bonchev–Trinajstić information content (AvgIpc) is 2.82. The van der Waals surface area contributed by atoms with Crippen LogP contribution in [0.25, 0.3) is 0 Å². The predicted molar refractivity (Wildman–Crippen MR) is 69.2 cm³/mol. The molecule has 2 rings (SSSR count). The van der Waals surface area contributed by atoms with E-state index < -0.39 is 5.60 Å². The summed E-state index contributed by atoms with van der Waals surface area (Å²) in [6.07, 6.45) is 0.428. The van der Waals surface area contributed by atoms with Crippen molar-refractivity contribution in [3.05, 3.63) is 17.3 Å². The molecule has 0 aromatic carbocycles. The van der Waals surface area contributed by atoms with E-state index in [4.69, 9.17) is 14.9 Å². The summed E-state index contributed by atoms with van der Waals surface area (Å²) in [5, 5.41) is 0. The summed E-state index contributed by atoms with van der Waals surface area (Å²) in [6, 6.07) is -0.180. The number of ether oxygens (including phenoxy) is 1. The Morgan fingerprint density at radius 3 is 2.74 bits per heavy atom. The van der Waals surface area contributed by atoms with Crippen molar-refractivity contribution in [1.29, 1.82) is 0 Å². The van der Waals surface area contributed by atoms with Crippen LogP contribution in [0.2, 0.25) is 0 Å². The minimum absolute atomic E-state index is 0.180. The van der Waals surface area contributed by atoms with Crippen LogP contribution in [0.1, 0.15) is 57.5 Å². The maximum Gasteiger partial charge on any atom is 0.411 e. The van der Waals surface area contributed by atoms with Crippen molar-refractivity contribution in [3.8, 4) is 0 Å². The molecule has 6 nitrogen and oxygen atoms in total. The number of nitrogens with two attached hydrogens (primary N) is 1. The molecule has 0 saturated carbocycles. The van der Waals surface area contributed by atoms with E-state index in [1.807, 2.05) is 27.7 Å². The van der Waals surface area contributed by atoms with Gasteiger partial charge in [-0.1, -0.05) is 6.92 Å². The SMILES string of the molecule is CCC(N)c1nc2c(o1)CN(C(=O)OC(C)(C)C)C2. The van der Waals surface area contributed by atoms with Gasteiger partial charge in [0, 0.05) is 0 Å². The molecule has 1 aliphatic heterocycles. The minimum Gasteiger partial charge on any atom is -0.444 e. The first-order valence-corrected chi connectivity index (χ1v) is 6.52. The predicted octanol–water partition coefficient (Wildman–Crippen LogP) is 2.34. The fourth-order valence-corrected chi connectivity index (χ4v) is 1.85. The van der Waals surface area contributed by atoms with Gasteiger partial charge < -0.3 is 14.9 Å². The van der Waals surface area contributed by atoms with Gasteiger partial charge in [-0.25, -0.2) is 9.78 Å². The van der Waals surface area contributed by atoms with Gasteiger partial charge in [0.2, 0.25) is 5.89 Å². The number of nitrogens with zero attached hydrogens (tertiary/aromatic N) is 2. The summed E-state index contributed by atoms with van der Waals surface area (Å²) in [5.41, 5.74) is 6.16. The Morgan fingerprint density at radius 1 is 1.53 bits per heavy atom. The van der Waals surface area contributed by atoms with Gasteiger partial charge in [0.25, 0.3) is 0 Å². The Labute approximate surface area is 112 Å². The number of aromatic nitrogens is 1. The maximum absolute atomic E-state index is 11.9. The smallest absolute Gasteiger partial charge is 0.411 e. The van der Waals surface area contributed by atoms with Crippen LogP contribution in [-0.2, 0) is 17.8 Å². The van der Waals surface area contributed by atoms with E-state index in [0.717, 1.165) is 12.1 Å². The Morgan fingerprint density at radius 2 is 2.21 bits per heavy atom.